The molecule has 1 aliphatic heterocycles. The number of rotatable bonds is 5. The lowest BCUT2D eigenvalue weighted by Crippen LogP contribution is -2.39. The molecule has 1 N–H and O–H groups in total. The highest BCUT2D eigenvalue weighted by Gasteiger charge is 2.22. The first-order valence-corrected chi connectivity index (χ1v) is 8.77. The zero-order valence-corrected chi connectivity index (χ0v) is 14.9. The van der Waals surface area contributed by atoms with Gasteiger partial charge >= 0.3 is 0 Å². The third kappa shape index (κ3) is 4.29. The lowest BCUT2D eigenvalue weighted by atomic mass is 10.00. The number of nitrogens with one attached hydrogen (secondary N) is 1. The predicted molar refractivity (Wildman–Crippen MR) is 98.9 cm³/mol. The second-order valence-electron chi connectivity index (χ2n) is 6.63. The van der Waals surface area contributed by atoms with Crippen LogP contribution in [0.25, 0.3) is 0 Å². The number of ether oxygens (including phenoxy) is 1. The van der Waals surface area contributed by atoms with Crippen LogP contribution in [0.1, 0.15) is 35.7 Å². The van der Waals surface area contributed by atoms with Gasteiger partial charge in [0.05, 0.1) is 18.4 Å². The summed E-state index contributed by atoms with van der Waals surface area (Å²) < 4.78 is 5.37. The molecule has 1 amide bonds. The molecule has 3 rings (SSSR count). The molecule has 0 radical (unpaired) electrons. The number of para-hydroxylation sites is 1. The Hall–Kier alpha value is -2.56. The van der Waals surface area contributed by atoms with E-state index in [4.69, 9.17) is 4.74 Å². The number of hydrogen-bond acceptors (Lipinski definition) is 4. The van der Waals surface area contributed by atoms with Gasteiger partial charge < -0.3 is 15.0 Å². The van der Waals surface area contributed by atoms with E-state index >= 15 is 0 Å². The second kappa shape index (κ2) is 8.01. The Labute approximate surface area is 149 Å². The number of benzene rings is 1. The van der Waals surface area contributed by atoms with Gasteiger partial charge in [-0.25, -0.2) is 0 Å². The van der Waals surface area contributed by atoms with Gasteiger partial charge in [0.15, 0.2) is 0 Å². The summed E-state index contributed by atoms with van der Waals surface area (Å²) in [6, 6.07) is 9.76. The van der Waals surface area contributed by atoms with Gasteiger partial charge in [-0.1, -0.05) is 25.1 Å². The van der Waals surface area contributed by atoms with Gasteiger partial charge in [0.1, 0.15) is 5.75 Å². The van der Waals surface area contributed by atoms with Gasteiger partial charge in [0.25, 0.3) is 5.91 Å². The number of pyridine rings is 1. The highest BCUT2D eigenvalue weighted by molar-refractivity contribution is 5.94. The van der Waals surface area contributed by atoms with E-state index in [9.17, 15) is 4.79 Å². The van der Waals surface area contributed by atoms with E-state index in [1.165, 1.54) is 6.42 Å². The minimum atomic E-state index is 0.0694. The van der Waals surface area contributed by atoms with E-state index in [1.807, 2.05) is 35.2 Å². The van der Waals surface area contributed by atoms with Crippen LogP contribution >= 0.6 is 0 Å². The average Bonchev–Trinajstić information content (AvgIpc) is 2.66. The third-order valence-corrected chi connectivity index (χ3v) is 4.60. The average molecular weight is 339 g/mol. The molecular weight excluding hydrogens is 314 g/mol. The number of amides is 1. The van der Waals surface area contributed by atoms with Crippen LogP contribution in [0.2, 0.25) is 0 Å². The summed E-state index contributed by atoms with van der Waals surface area (Å²) in [4.78, 5) is 18.9. The second-order valence-corrected chi connectivity index (χ2v) is 6.63. The monoisotopic (exact) mass is 339 g/mol. The molecule has 1 saturated heterocycles. The molecule has 1 aliphatic rings. The minimum Gasteiger partial charge on any atom is -0.496 e. The van der Waals surface area contributed by atoms with E-state index in [0.717, 1.165) is 36.5 Å². The summed E-state index contributed by atoms with van der Waals surface area (Å²) in [5.41, 5.74) is 2.53. The number of carbonyl (C=O) groups excluding carboxylic acids is 1. The number of anilines is 1. The van der Waals surface area contributed by atoms with E-state index in [-0.39, 0.29) is 5.91 Å². The van der Waals surface area contributed by atoms with Crippen LogP contribution in [0.5, 0.6) is 5.75 Å². The Bertz CT molecular complexity index is 732. The fraction of sp³-hybridized carbons (Fsp3) is 0.400. The Morgan fingerprint density at radius 1 is 1.36 bits per heavy atom. The molecule has 2 heterocycles. The fourth-order valence-electron chi connectivity index (χ4n) is 3.26. The van der Waals surface area contributed by atoms with Crippen molar-refractivity contribution in [1.82, 2.24) is 9.88 Å². The SMILES string of the molecule is COc1ccccc1CNc1cncc(C(=O)N2CCCC(C)C2)c1. The molecular formula is C20H25N3O2. The molecule has 132 valence electrons. The van der Waals surface area contributed by atoms with Crippen molar-refractivity contribution in [2.75, 3.05) is 25.5 Å². The summed E-state index contributed by atoms with van der Waals surface area (Å²) in [6.07, 6.45) is 5.66. The molecule has 1 aromatic carbocycles. The maximum absolute atomic E-state index is 12.7. The molecule has 25 heavy (non-hydrogen) atoms. The number of methoxy groups -OCH3 is 1. The highest BCUT2D eigenvalue weighted by Crippen LogP contribution is 2.21. The number of nitrogens with zero attached hydrogens (tertiary/aromatic N) is 2. The smallest absolute Gasteiger partial charge is 0.255 e. The quantitative estimate of drug-likeness (QED) is 0.905. The normalized spacial score (nSPS) is 17.2. The largest absolute Gasteiger partial charge is 0.496 e. The first-order chi connectivity index (χ1) is 12.2. The maximum Gasteiger partial charge on any atom is 0.255 e. The van der Waals surface area contributed by atoms with Crippen molar-refractivity contribution in [3.05, 3.63) is 53.9 Å². The van der Waals surface area contributed by atoms with Crippen molar-refractivity contribution in [3.8, 4) is 5.75 Å². The van der Waals surface area contributed by atoms with E-state index in [2.05, 4.69) is 17.2 Å². The Morgan fingerprint density at radius 2 is 2.20 bits per heavy atom. The first-order valence-electron chi connectivity index (χ1n) is 8.77. The number of carbonyl (C=O) groups is 1. The zero-order valence-electron chi connectivity index (χ0n) is 14.9. The van der Waals surface area contributed by atoms with Crippen LogP contribution < -0.4 is 10.1 Å². The summed E-state index contributed by atoms with van der Waals surface area (Å²) >= 11 is 0. The van der Waals surface area contributed by atoms with Crippen LogP contribution in [0.4, 0.5) is 5.69 Å². The van der Waals surface area contributed by atoms with Gasteiger partial charge in [-0.05, 0) is 30.9 Å². The molecule has 1 unspecified atom stereocenters. The standard InChI is InChI=1S/C20H25N3O2/c1-15-6-5-9-23(14-15)20(24)17-10-18(13-21-11-17)22-12-16-7-3-4-8-19(16)25-2/h3-4,7-8,10-11,13,15,22H,5-6,9,12,14H2,1-2H3. The molecule has 0 spiro atoms. The Morgan fingerprint density at radius 3 is 3.00 bits per heavy atom. The van der Waals surface area contributed by atoms with Gasteiger partial charge in [0, 0.05) is 37.6 Å². The molecule has 1 atom stereocenters. The van der Waals surface area contributed by atoms with Crippen LogP contribution in [-0.4, -0.2) is 36.0 Å². The van der Waals surface area contributed by atoms with Crippen molar-refractivity contribution < 1.29 is 9.53 Å². The van der Waals surface area contributed by atoms with E-state index in [1.54, 1.807) is 19.5 Å². The molecule has 0 bridgehead atoms. The molecule has 5 heteroatoms. The minimum absolute atomic E-state index is 0.0694. The van der Waals surface area contributed by atoms with Crippen molar-refractivity contribution in [1.29, 1.82) is 0 Å². The summed E-state index contributed by atoms with van der Waals surface area (Å²) in [5, 5.41) is 3.33. The van der Waals surface area contributed by atoms with Crippen LogP contribution in [0.15, 0.2) is 42.7 Å². The highest BCUT2D eigenvalue weighted by atomic mass is 16.5. The molecule has 0 saturated carbocycles. The molecule has 2 aromatic rings. The van der Waals surface area contributed by atoms with Crippen molar-refractivity contribution in [2.45, 2.75) is 26.3 Å². The summed E-state index contributed by atoms with van der Waals surface area (Å²) in [6.45, 7) is 4.48. The fourth-order valence-corrected chi connectivity index (χ4v) is 3.26. The Balaban J connectivity index is 1.68. The third-order valence-electron chi connectivity index (χ3n) is 4.60. The molecule has 5 nitrogen and oxygen atoms in total. The van der Waals surface area contributed by atoms with E-state index in [0.29, 0.717) is 18.0 Å². The molecule has 0 aliphatic carbocycles. The number of aromatic nitrogens is 1. The van der Waals surface area contributed by atoms with E-state index < -0.39 is 0 Å². The topological polar surface area (TPSA) is 54.5 Å². The molecule has 1 fully saturated rings. The molecule has 1 aromatic heterocycles. The van der Waals surface area contributed by atoms with Crippen molar-refractivity contribution >= 4 is 11.6 Å². The summed E-state index contributed by atoms with van der Waals surface area (Å²) in [5.74, 6) is 1.48. The van der Waals surface area contributed by atoms with Crippen LogP contribution in [-0.2, 0) is 6.54 Å². The van der Waals surface area contributed by atoms with Crippen LogP contribution in [0.3, 0.4) is 0 Å². The van der Waals surface area contributed by atoms with Gasteiger partial charge in [0.2, 0.25) is 0 Å². The van der Waals surface area contributed by atoms with Gasteiger partial charge in [-0.2, -0.15) is 0 Å². The van der Waals surface area contributed by atoms with Gasteiger partial charge in [-0.15, -0.1) is 0 Å². The van der Waals surface area contributed by atoms with Crippen molar-refractivity contribution in [2.24, 2.45) is 5.92 Å². The van der Waals surface area contributed by atoms with Gasteiger partial charge in [-0.3, -0.25) is 9.78 Å². The van der Waals surface area contributed by atoms with Crippen LogP contribution in [0, 0.1) is 5.92 Å². The number of piperidine rings is 1. The zero-order chi connectivity index (χ0) is 17.6. The lowest BCUT2D eigenvalue weighted by Gasteiger charge is -2.31. The van der Waals surface area contributed by atoms with Crippen molar-refractivity contribution in [3.63, 3.8) is 0 Å². The summed E-state index contributed by atoms with van der Waals surface area (Å²) in [7, 11) is 1.67. The Kier molecular flexibility index (Phi) is 5.53. The predicted octanol–water partition coefficient (Wildman–Crippen LogP) is 3.57. The first kappa shape index (κ1) is 17.3. The lowest BCUT2D eigenvalue weighted by molar-refractivity contribution is 0.0682. The number of hydrogen-bond donors (Lipinski definition) is 1. The number of likely N-dealkylation sites (tertiary alicyclic amines) is 1. The maximum atomic E-state index is 12.7.